The topological polar surface area (TPSA) is 75.7 Å². The van der Waals surface area contributed by atoms with E-state index in [2.05, 4.69) is 12.2 Å². The zero-order valence-electron chi connectivity index (χ0n) is 15.8. The average Bonchev–Trinajstić information content (AvgIpc) is 2.43. The van der Waals surface area contributed by atoms with E-state index in [1.165, 1.54) is 0 Å². The molecule has 142 valence electrons. The molecule has 0 spiro atoms. The third kappa shape index (κ3) is 7.38. The zero-order chi connectivity index (χ0) is 18.4. The van der Waals surface area contributed by atoms with Gasteiger partial charge in [-0.2, -0.15) is 4.31 Å². The number of carbonyl (C=O) groups is 1. The van der Waals surface area contributed by atoms with Crippen LogP contribution in [0.25, 0.3) is 0 Å². The molecule has 1 N–H and O–H groups in total. The number of hydrogen-bond donors (Lipinski definition) is 1. The van der Waals surface area contributed by atoms with E-state index in [0.717, 1.165) is 32.1 Å². The Bertz CT molecular complexity index is 499. The highest BCUT2D eigenvalue weighted by Crippen LogP contribution is 2.22. The standard InChI is InChI=1S/C17H34N2O4S/c1-6-9-14(2)13-24(21,22)19-11-8-7-10-15(19)12-18-16(20)23-17(3,4)5/h14-15H,6-13H2,1-5H3,(H,18,20). The minimum atomic E-state index is -3.30. The molecule has 0 bridgehead atoms. The molecule has 0 aromatic rings. The Hall–Kier alpha value is -0.820. The molecule has 1 amide bonds. The van der Waals surface area contributed by atoms with Crippen molar-refractivity contribution in [2.75, 3.05) is 18.8 Å². The van der Waals surface area contributed by atoms with Gasteiger partial charge in [-0.05, 0) is 46.0 Å². The van der Waals surface area contributed by atoms with Crippen LogP contribution in [0.1, 0.15) is 66.7 Å². The van der Waals surface area contributed by atoms with Crippen LogP contribution in [-0.2, 0) is 14.8 Å². The highest BCUT2D eigenvalue weighted by Gasteiger charge is 2.33. The van der Waals surface area contributed by atoms with Crippen molar-refractivity contribution in [1.29, 1.82) is 0 Å². The predicted octanol–water partition coefficient (Wildman–Crippen LogP) is 3.13. The lowest BCUT2D eigenvalue weighted by molar-refractivity contribution is 0.0512. The maximum absolute atomic E-state index is 12.7. The summed E-state index contributed by atoms with van der Waals surface area (Å²) in [4.78, 5) is 11.8. The molecular weight excluding hydrogens is 328 g/mol. The van der Waals surface area contributed by atoms with Crippen molar-refractivity contribution < 1.29 is 17.9 Å². The second-order valence-corrected chi connectivity index (χ2v) is 9.78. The van der Waals surface area contributed by atoms with Crippen LogP contribution in [-0.4, -0.2) is 49.3 Å². The molecule has 6 nitrogen and oxygen atoms in total. The van der Waals surface area contributed by atoms with Gasteiger partial charge in [0.05, 0.1) is 5.75 Å². The average molecular weight is 363 g/mol. The number of nitrogens with zero attached hydrogens (tertiary/aromatic N) is 1. The van der Waals surface area contributed by atoms with E-state index in [9.17, 15) is 13.2 Å². The van der Waals surface area contributed by atoms with Crippen molar-refractivity contribution in [3.05, 3.63) is 0 Å². The van der Waals surface area contributed by atoms with Crippen LogP contribution < -0.4 is 5.32 Å². The molecule has 0 saturated carbocycles. The summed E-state index contributed by atoms with van der Waals surface area (Å²) in [6.07, 6.45) is 4.04. The van der Waals surface area contributed by atoms with Crippen LogP contribution in [0, 0.1) is 5.92 Å². The normalized spacial score (nSPS) is 21.3. The molecule has 2 unspecified atom stereocenters. The highest BCUT2D eigenvalue weighted by atomic mass is 32.2. The van der Waals surface area contributed by atoms with E-state index >= 15 is 0 Å². The predicted molar refractivity (Wildman–Crippen MR) is 96.4 cm³/mol. The first-order valence-corrected chi connectivity index (χ1v) is 10.6. The number of rotatable bonds is 7. The fourth-order valence-corrected chi connectivity index (χ4v) is 5.21. The van der Waals surface area contributed by atoms with Crippen molar-refractivity contribution in [2.24, 2.45) is 5.92 Å². The van der Waals surface area contributed by atoms with Gasteiger partial charge in [-0.1, -0.05) is 26.7 Å². The van der Waals surface area contributed by atoms with Gasteiger partial charge in [0, 0.05) is 19.1 Å². The SMILES string of the molecule is CCCC(C)CS(=O)(=O)N1CCCCC1CNC(=O)OC(C)(C)C. The van der Waals surface area contributed by atoms with Crippen LogP contribution in [0.2, 0.25) is 0 Å². The van der Waals surface area contributed by atoms with Gasteiger partial charge < -0.3 is 10.1 Å². The maximum atomic E-state index is 12.7. The number of sulfonamides is 1. The van der Waals surface area contributed by atoms with Crippen LogP contribution in [0.4, 0.5) is 4.79 Å². The Morgan fingerprint density at radius 2 is 2.00 bits per heavy atom. The van der Waals surface area contributed by atoms with Crippen LogP contribution in [0.15, 0.2) is 0 Å². The lowest BCUT2D eigenvalue weighted by Gasteiger charge is -2.35. The molecule has 1 heterocycles. The molecule has 1 rings (SSSR count). The molecule has 1 saturated heterocycles. The zero-order valence-corrected chi connectivity index (χ0v) is 16.6. The van der Waals surface area contributed by atoms with E-state index < -0.39 is 21.7 Å². The number of nitrogens with one attached hydrogen (secondary N) is 1. The summed E-state index contributed by atoms with van der Waals surface area (Å²) in [6, 6.07) is -0.176. The van der Waals surface area contributed by atoms with E-state index in [4.69, 9.17) is 4.74 Å². The summed E-state index contributed by atoms with van der Waals surface area (Å²) >= 11 is 0. The lowest BCUT2D eigenvalue weighted by Crippen LogP contribution is -2.50. The van der Waals surface area contributed by atoms with E-state index in [1.807, 2.05) is 6.92 Å². The quantitative estimate of drug-likeness (QED) is 0.755. The molecule has 0 radical (unpaired) electrons. The maximum Gasteiger partial charge on any atom is 0.407 e. The van der Waals surface area contributed by atoms with Crippen molar-refractivity contribution >= 4 is 16.1 Å². The first kappa shape index (κ1) is 21.2. The van der Waals surface area contributed by atoms with Gasteiger partial charge in [0.25, 0.3) is 0 Å². The van der Waals surface area contributed by atoms with E-state index in [1.54, 1.807) is 25.1 Å². The number of piperidine rings is 1. The molecule has 1 aliphatic heterocycles. The van der Waals surface area contributed by atoms with Gasteiger partial charge in [0.2, 0.25) is 10.0 Å². The van der Waals surface area contributed by atoms with Crippen LogP contribution >= 0.6 is 0 Å². The monoisotopic (exact) mass is 362 g/mol. The van der Waals surface area contributed by atoms with Crippen LogP contribution in [0.5, 0.6) is 0 Å². The molecule has 7 heteroatoms. The Kier molecular flexibility index (Phi) is 7.99. The first-order chi connectivity index (χ1) is 11.0. The number of amides is 1. The minimum Gasteiger partial charge on any atom is -0.444 e. The Balaban J connectivity index is 2.66. The number of carbonyl (C=O) groups excluding carboxylic acids is 1. The van der Waals surface area contributed by atoms with E-state index in [-0.39, 0.29) is 17.7 Å². The Morgan fingerprint density at radius 1 is 1.33 bits per heavy atom. The van der Waals surface area contributed by atoms with Crippen LogP contribution in [0.3, 0.4) is 0 Å². The fourth-order valence-electron chi connectivity index (χ4n) is 3.09. The molecule has 1 aliphatic rings. The molecular formula is C17H34N2O4S. The summed E-state index contributed by atoms with van der Waals surface area (Å²) in [5.74, 6) is 0.338. The molecule has 2 atom stereocenters. The van der Waals surface area contributed by atoms with Gasteiger partial charge >= 0.3 is 6.09 Å². The van der Waals surface area contributed by atoms with Gasteiger partial charge in [0.1, 0.15) is 5.60 Å². The molecule has 0 aromatic heterocycles. The third-order valence-corrected chi connectivity index (χ3v) is 6.27. The van der Waals surface area contributed by atoms with Crippen molar-refractivity contribution in [3.63, 3.8) is 0 Å². The minimum absolute atomic E-state index is 0.154. The summed E-state index contributed by atoms with van der Waals surface area (Å²) in [5.41, 5.74) is -0.558. The Labute approximate surface area is 147 Å². The van der Waals surface area contributed by atoms with Gasteiger partial charge in [-0.25, -0.2) is 13.2 Å². The van der Waals surface area contributed by atoms with Crippen molar-refractivity contribution in [1.82, 2.24) is 9.62 Å². The van der Waals surface area contributed by atoms with E-state index in [0.29, 0.717) is 13.1 Å². The molecule has 0 aliphatic carbocycles. The smallest absolute Gasteiger partial charge is 0.407 e. The van der Waals surface area contributed by atoms with Gasteiger partial charge in [0.15, 0.2) is 0 Å². The van der Waals surface area contributed by atoms with Gasteiger partial charge in [-0.3, -0.25) is 0 Å². The summed E-state index contributed by atoms with van der Waals surface area (Å²) in [6.45, 7) is 10.3. The number of alkyl carbamates (subject to hydrolysis) is 1. The van der Waals surface area contributed by atoms with Gasteiger partial charge in [-0.15, -0.1) is 0 Å². The second kappa shape index (κ2) is 9.04. The Morgan fingerprint density at radius 3 is 2.58 bits per heavy atom. The first-order valence-electron chi connectivity index (χ1n) is 9.01. The fraction of sp³-hybridized carbons (Fsp3) is 0.941. The third-order valence-electron chi connectivity index (χ3n) is 4.09. The number of hydrogen-bond acceptors (Lipinski definition) is 4. The summed E-state index contributed by atoms with van der Waals surface area (Å²) < 4.78 is 32.3. The van der Waals surface area contributed by atoms with Crippen molar-refractivity contribution in [2.45, 2.75) is 78.4 Å². The molecule has 24 heavy (non-hydrogen) atoms. The second-order valence-electron chi connectivity index (χ2n) is 7.82. The number of ether oxygens (including phenoxy) is 1. The largest absolute Gasteiger partial charge is 0.444 e. The molecule has 1 fully saturated rings. The molecule has 0 aromatic carbocycles. The lowest BCUT2D eigenvalue weighted by atomic mass is 10.1. The summed E-state index contributed by atoms with van der Waals surface area (Å²) in [5, 5.41) is 2.72. The highest BCUT2D eigenvalue weighted by molar-refractivity contribution is 7.89. The summed E-state index contributed by atoms with van der Waals surface area (Å²) in [7, 11) is -3.30. The van der Waals surface area contributed by atoms with Crippen molar-refractivity contribution in [3.8, 4) is 0 Å².